The SMILES string of the molecule is CC(=O)N1CCN(c2c(Cl)cccc2NC(=O)COc2ccc(C(C)(C)C)cc2)CC1. The number of piperazine rings is 1. The largest absolute Gasteiger partial charge is 0.484 e. The predicted octanol–water partition coefficient (Wildman–Crippen LogP) is 4.32. The van der Waals surface area contributed by atoms with E-state index in [1.807, 2.05) is 35.2 Å². The summed E-state index contributed by atoms with van der Waals surface area (Å²) in [5.74, 6) is 0.459. The van der Waals surface area contributed by atoms with Gasteiger partial charge in [0.15, 0.2) is 6.61 Å². The Morgan fingerprint density at radius 3 is 2.26 bits per heavy atom. The van der Waals surface area contributed by atoms with Crippen molar-refractivity contribution in [3.05, 3.63) is 53.1 Å². The molecule has 1 saturated heterocycles. The van der Waals surface area contributed by atoms with Crippen LogP contribution in [0, 0.1) is 0 Å². The van der Waals surface area contributed by atoms with E-state index in [4.69, 9.17) is 16.3 Å². The molecule has 0 radical (unpaired) electrons. The summed E-state index contributed by atoms with van der Waals surface area (Å²) in [4.78, 5) is 28.0. The van der Waals surface area contributed by atoms with Gasteiger partial charge in [0.2, 0.25) is 5.91 Å². The van der Waals surface area contributed by atoms with Crippen LogP contribution in [0.2, 0.25) is 5.02 Å². The van der Waals surface area contributed by atoms with Crippen molar-refractivity contribution < 1.29 is 14.3 Å². The van der Waals surface area contributed by atoms with E-state index in [1.165, 1.54) is 5.56 Å². The van der Waals surface area contributed by atoms with Crippen molar-refractivity contribution in [2.75, 3.05) is 43.0 Å². The standard InChI is InChI=1S/C24H30ClN3O3/c1-17(29)27-12-14-28(15-13-27)23-20(25)6-5-7-21(23)26-22(30)16-31-19-10-8-18(9-11-19)24(2,3)4/h5-11H,12-16H2,1-4H3,(H,26,30). The lowest BCUT2D eigenvalue weighted by Gasteiger charge is -2.36. The predicted molar refractivity (Wildman–Crippen MR) is 125 cm³/mol. The van der Waals surface area contributed by atoms with Crippen LogP contribution < -0.4 is 15.0 Å². The van der Waals surface area contributed by atoms with E-state index in [9.17, 15) is 9.59 Å². The molecule has 6 nitrogen and oxygen atoms in total. The summed E-state index contributed by atoms with van der Waals surface area (Å²) in [6, 6.07) is 13.2. The number of hydrogen-bond donors (Lipinski definition) is 1. The maximum absolute atomic E-state index is 12.5. The first-order chi connectivity index (χ1) is 14.6. The molecule has 0 atom stereocenters. The van der Waals surface area contributed by atoms with Crippen LogP contribution in [0.3, 0.4) is 0 Å². The Hall–Kier alpha value is -2.73. The van der Waals surface area contributed by atoms with E-state index in [0.29, 0.717) is 42.6 Å². The summed E-state index contributed by atoms with van der Waals surface area (Å²) in [7, 11) is 0. The Labute approximate surface area is 189 Å². The summed E-state index contributed by atoms with van der Waals surface area (Å²) >= 11 is 6.46. The average molecular weight is 444 g/mol. The second kappa shape index (κ2) is 9.60. The highest BCUT2D eigenvalue weighted by Crippen LogP contribution is 2.34. The Morgan fingerprint density at radius 1 is 1.03 bits per heavy atom. The van der Waals surface area contributed by atoms with Gasteiger partial charge in [-0.1, -0.05) is 50.6 Å². The minimum Gasteiger partial charge on any atom is -0.484 e. The molecule has 1 N–H and O–H groups in total. The molecule has 3 rings (SSSR count). The molecule has 0 unspecified atom stereocenters. The number of nitrogens with one attached hydrogen (secondary N) is 1. The van der Waals surface area contributed by atoms with Gasteiger partial charge in [0.05, 0.1) is 16.4 Å². The number of rotatable bonds is 5. The Kier molecular flexibility index (Phi) is 7.11. The normalized spacial score (nSPS) is 14.4. The summed E-state index contributed by atoms with van der Waals surface area (Å²) in [6.07, 6.45) is 0. The fraction of sp³-hybridized carbons (Fsp3) is 0.417. The van der Waals surface area contributed by atoms with Crippen molar-refractivity contribution in [3.63, 3.8) is 0 Å². The van der Waals surface area contributed by atoms with Crippen molar-refractivity contribution >= 4 is 34.8 Å². The van der Waals surface area contributed by atoms with Crippen LogP contribution in [0.4, 0.5) is 11.4 Å². The number of nitrogens with zero attached hydrogens (tertiary/aromatic N) is 2. The molecular weight excluding hydrogens is 414 g/mol. The van der Waals surface area contributed by atoms with Crippen molar-refractivity contribution in [3.8, 4) is 5.75 Å². The van der Waals surface area contributed by atoms with Crippen molar-refractivity contribution in [1.29, 1.82) is 0 Å². The molecule has 1 fully saturated rings. The summed E-state index contributed by atoms with van der Waals surface area (Å²) in [5.41, 5.74) is 2.68. The molecule has 166 valence electrons. The lowest BCUT2D eigenvalue weighted by Crippen LogP contribution is -2.48. The fourth-order valence-corrected chi connectivity index (χ4v) is 3.86. The number of hydrogen-bond acceptors (Lipinski definition) is 4. The van der Waals surface area contributed by atoms with Crippen LogP contribution in [0.25, 0.3) is 0 Å². The van der Waals surface area contributed by atoms with Gasteiger partial charge in [-0.2, -0.15) is 0 Å². The van der Waals surface area contributed by atoms with Gasteiger partial charge in [-0.25, -0.2) is 0 Å². The number of carbonyl (C=O) groups is 2. The molecule has 1 heterocycles. The molecular formula is C24H30ClN3O3. The van der Waals surface area contributed by atoms with E-state index in [-0.39, 0.29) is 23.8 Å². The molecule has 0 spiro atoms. The smallest absolute Gasteiger partial charge is 0.262 e. The van der Waals surface area contributed by atoms with E-state index in [1.54, 1.807) is 19.1 Å². The topological polar surface area (TPSA) is 61.9 Å². The lowest BCUT2D eigenvalue weighted by molar-refractivity contribution is -0.129. The molecule has 2 aromatic rings. The quantitative estimate of drug-likeness (QED) is 0.747. The van der Waals surface area contributed by atoms with E-state index in [2.05, 4.69) is 31.0 Å². The van der Waals surface area contributed by atoms with Crippen LogP contribution in [0.15, 0.2) is 42.5 Å². The fourth-order valence-electron chi connectivity index (χ4n) is 3.57. The zero-order valence-corrected chi connectivity index (χ0v) is 19.3. The minimum absolute atomic E-state index is 0.0643. The first-order valence-electron chi connectivity index (χ1n) is 10.5. The van der Waals surface area contributed by atoms with Crippen LogP contribution >= 0.6 is 11.6 Å². The number of amides is 2. The third kappa shape index (κ3) is 5.91. The van der Waals surface area contributed by atoms with Gasteiger partial charge in [-0.05, 0) is 35.2 Å². The summed E-state index contributed by atoms with van der Waals surface area (Å²) in [6.45, 7) is 10.5. The Balaban J connectivity index is 1.63. The number of anilines is 2. The van der Waals surface area contributed by atoms with Gasteiger partial charge in [0.1, 0.15) is 5.75 Å². The molecule has 7 heteroatoms. The zero-order valence-electron chi connectivity index (χ0n) is 18.6. The minimum atomic E-state index is -0.259. The average Bonchev–Trinajstić information content (AvgIpc) is 2.72. The molecule has 1 aliphatic rings. The molecule has 0 bridgehead atoms. The third-order valence-electron chi connectivity index (χ3n) is 5.39. The highest BCUT2D eigenvalue weighted by molar-refractivity contribution is 6.34. The maximum atomic E-state index is 12.5. The van der Waals surface area contributed by atoms with Crippen LogP contribution in [0.1, 0.15) is 33.3 Å². The molecule has 0 aromatic heterocycles. The zero-order chi connectivity index (χ0) is 22.6. The number of para-hydroxylation sites is 1. The number of carbonyl (C=O) groups excluding carboxylic acids is 2. The number of ether oxygens (including phenoxy) is 1. The molecule has 2 aromatic carbocycles. The van der Waals surface area contributed by atoms with Gasteiger partial charge in [-0.15, -0.1) is 0 Å². The van der Waals surface area contributed by atoms with Gasteiger partial charge >= 0.3 is 0 Å². The monoisotopic (exact) mass is 443 g/mol. The third-order valence-corrected chi connectivity index (χ3v) is 5.70. The highest BCUT2D eigenvalue weighted by Gasteiger charge is 2.23. The van der Waals surface area contributed by atoms with Gasteiger partial charge < -0.3 is 19.9 Å². The maximum Gasteiger partial charge on any atom is 0.262 e. The van der Waals surface area contributed by atoms with Crippen LogP contribution in [-0.4, -0.2) is 49.5 Å². The summed E-state index contributed by atoms with van der Waals surface area (Å²) in [5, 5.41) is 3.48. The Morgan fingerprint density at radius 2 is 1.68 bits per heavy atom. The van der Waals surface area contributed by atoms with Gasteiger partial charge in [0, 0.05) is 33.1 Å². The van der Waals surface area contributed by atoms with Gasteiger partial charge in [0.25, 0.3) is 5.91 Å². The first kappa shape index (κ1) is 22.9. The molecule has 31 heavy (non-hydrogen) atoms. The van der Waals surface area contributed by atoms with E-state index in [0.717, 1.165) is 5.69 Å². The summed E-state index contributed by atoms with van der Waals surface area (Å²) < 4.78 is 5.66. The highest BCUT2D eigenvalue weighted by atomic mass is 35.5. The van der Waals surface area contributed by atoms with Crippen molar-refractivity contribution in [1.82, 2.24) is 4.90 Å². The Bertz CT molecular complexity index is 930. The van der Waals surface area contributed by atoms with Crippen LogP contribution in [0.5, 0.6) is 5.75 Å². The van der Waals surface area contributed by atoms with E-state index >= 15 is 0 Å². The van der Waals surface area contributed by atoms with Crippen molar-refractivity contribution in [2.45, 2.75) is 33.1 Å². The molecule has 0 aliphatic carbocycles. The van der Waals surface area contributed by atoms with Gasteiger partial charge in [-0.3, -0.25) is 9.59 Å². The molecule has 1 aliphatic heterocycles. The number of benzene rings is 2. The second-order valence-electron chi connectivity index (χ2n) is 8.74. The van der Waals surface area contributed by atoms with Crippen molar-refractivity contribution in [2.24, 2.45) is 0 Å². The first-order valence-corrected chi connectivity index (χ1v) is 10.8. The molecule has 2 amide bonds. The lowest BCUT2D eigenvalue weighted by atomic mass is 9.87. The van der Waals surface area contributed by atoms with E-state index < -0.39 is 0 Å². The second-order valence-corrected chi connectivity index (χ2v) is 9.15. The van der Waals surface area contributed by atoms with Crippen LogP contribution in [-0.2, 0) is 15.0 Å². The molecule has 0 saturated carbocycles. The number of halogens is 1.